The van der Waals surface area contributed by atoms with Crippen molar-refractivity contribution >= 4 is 23.3 Å². The molecule has 132 valence electrons. The van der Waals surface area contributed by atoms with Crippen LogP contribution in [0.2, 0.25) is 0 Å². The van der Waals surface area contributed by atoms with Crippen molar-refractivity contribution in [3.63, 3.8) is 0 Å². The summed E-state index contributed by atoms with van der Waals surface area (Å²) in [6.45, 7) is 6.96. The third-order valence-electron chi connectivity index (χ3n) is 4.29. The fourth-order valence-electron chi connectivity index (χ4n) is 2.76. The summed E-state index contributed by atoms with van der Waals surface area (Å²) in [6, 6.07) is 5.65. The van der Waals surface area contributed by atoms with Crippen LogP contribution in [0.3, 0.4) is 0 Å². The van der Waals surface area contributed by atoms with Crippen molar-refractivity contribution in [3.05, 3.63) is 51.8 Å². The van der Waals surface area contributed by atoms with E-state index in [2.05, 4.69) is 10.3 Å². The number of Topliss-reactive ketones (excluding diaryl/α,β-unsaturated/α-hetero) is 1. The van der Waals surface area contributed by atoms with E-state index in [0.29, 0.717) is 17.0 Å². The molecule has 0 aliphatic heterocycles. The van der Waals surface area contributed by atoms with Gasteiger partial charge in [0.15, 0.2) is 5.78 Å². The van der Waals surface area contributed by atoms with E-state index < -0.39 is 5.97 Å². The summed E-state index contributed by atoms with van der Waals surface area (Å²) >= 11 is 0. The molecular formula is C19H22N2O4. The molecule has 0 atom stereocenters. The quantitative estimate of drug-likeness (QED) is 0.645. The number of rotatable bonds is 5. The molecule has 25 heavy (non-hydrogen) atoms. The Hall–Kier alpha value is -2.89. The molecule has 0 unspecified atom stereocenters. The number of hydrogen-bond donors (Lipinski definition) is 2. The first-order valence-corrected chi connectivity index (χ1v) is 7.93. The number of aromatic nitrogens is 1. The summed E-state index contributed by atoms with van der Waals surface area (Å²) in [5.74, 6) is -1.06. The predicted molar refractivity (Wildman–Crippen MR) is 95.1 cm³/mol. The molecule has 1 aromatic heterocycles. The van der Waals surface area contributed by atoms with Gasteiger partial charge in [-0.15, -0.1) is 0 Å². The Labute approximate surface area is 146 Å². The lowest BCUT2D eigenvalue weighted by atomic mass is 10.1. The molecule has 0 aliphatic carbocycles. The number of esters is 1. The molecule has 2 rings (SSSR count). The number of aromatic amines is 1. The van der Waals surface area contributed by atoms with E-state index in [0.717, 1.165) is 16.8 Å². The van der Waals surface area contributed by atoms with E-state index >= 15 is 0 Å². The molecule has 6 nitrogen and oxygen atoms in total. The molecule has 1 heterocycles. The second-order valence-corrected chi connectivity index (χ2v) is 6.00. The van der Waals surface area contributed by atoms with E-state index in [-0.39, 0.29) is 23.7 Å². The maximum atomic E-state index is 12.4. The standard InChI is InChI=1S/C19H22N2O4/c1-10-7-6-8-14(11(10)2)20-16(23)9-15-17(19(24)25-5)12(3)18(21-15)13(4)22/h6-8,21H,9H2,1-5H3,(H,20,23). The SMILES string of the molecule is COC(=O)c1c(CC(=O)Nc2cccc(C)c2C)[nH]c(C(C)=O)c1C. The Kier molecular flexibility index (Phi) is 5.41. The Morgan fingerprint density at radius 3 is 2.40 bits per heavy atom. The van der Waals surface area contributed by atoms with E-state index in [1.165, 1.54) is 14.0 Å². The first kappa shape index (κ1) is 18.4. The van der Waals surface area contributed by atoms with Gasteiger partial charge in [0.1, 0.15) is 0 Å². The van der Waals surface area contributed by atoms with Gasteiger partial charge in [-0.2, -0.15) is 0 Å². The fraction of sp³-hybridized carbons (Fsp3) is 0.316. The van der Waals surface area contributed by atoms with E-state index in [1.54, 1.807) is 6.92 Å². The number of benzene rings is 1. The highest BCUT2D eigenvalue weighted by molar-refractivity contribution is 6.02. The van der Waals surface area contributed by atoms with Gasteiger partial charge in [-0.05, 0) is 43.5 Å². The molecule has 0 radical (unpaired) electrons. The largest absolute Gasteiger partial charge is 0.465 e. The van der Waals surface area contributed by atoms with Crippen molar-refractivity contribution in [1.29, 1.82) is 0 Å². The first-order valence-electron chi connectivity index (χ1n) is 7.93. The summed E-state index contributed by atoms with van der Waals surface area (Å²) < 4.78 is 4.78. The number of anilines is 1. The highest BCUT2D eigenvalue weighted by atomic mass is 16.5. The van der Waals surface area contributed by atoms with E-state index in [9.17, 15) is 14.4 Å². The van der Waals surface area contributed by atoms with Gasteiger partial charge < -0.3 is 15.0 Å². The van der Waals surface area contributed by atoms with Crippen LogP contribution in [0.5, 0.6) is 0 Å². The van der Waals surface area contributed by atoms with Crippen molar-refractivity contribution < 1.29 is 19.1 Å². The Morgan fingerprint density at radius 1 is 1.12 bits per heavy atom. The highest BCUT2D eigenvalue weighted by Crippen LogP contribution is 2.22. The molecule has 0 fully saturated rings. The minimum atomic E-state index is -0.573. The molecule has 0 saturated carbocycles. The molecule has 2 N–H and O–H groups in total. The van der Waals surface area contributed by atoms with Crippen LogP contribution in [0.25, 0.3) is 0 Å². The van der Waals surface area contributed by atoms with Gasteiger partial charge in [0.05, 0.1) is 24.8 Å². The summed E-state index contributed by atoms with van der Waals surface area (Å²) in [4.78, 5) is 39.1. The van der Waals surface area contributed by atoms with Crippen LogP contribution in [0.4, 0.5) is 5.69 Å². The molecule has 0 spiro atoms. The number of ether oxygens (including phenoxy) is 1. The summed E-state index contributed by atoms with van der Waals surface area (Å²) in [7, 11) is 1.27. The Bertz CT molecular complexity index is 849. The van der Waals surface area contributed by atoms with Crippen molar-refractivity contribution in [3.8, 4) is 0 Å². The monoisotopic (exact) mass is 342 g/mol. The number of nitrogens with one attached hydrogen (secondary N) is 2. The second-order valence-electron chi connectivity index (χ2n) is 6.00. The van der Waals surface area contributed by atoms with Crippen molar-refractivity contribution in [1.82, 2.24) is 4.98 Å². The van der Waals surface area contributed by atoms with Crippen LogP contribution in [0.15, 0.2) is 18.2 Å². The summed E-state index contributed by atoms with van der Waals surface area (Å²) in [5.41, 5.74) is 4.20. The number of H-pyrrole nitrogens is 1. The fourth-order valence-corrected chi connectivity index (χ4v) is 2.76. The lowest BCUT2D eigenvalue weighted by Gasteiger charge is -2.10. The zero-order valence-electron chi connectivity index (χ0n) is 15.1. The van der Waals surface area contributed by atoms with Crippen LogP contribution in [0, 0.1) is 20.8 Å². The molecule has 0 saturated heterocycles. The minimum Gasteiger partial charge on any atom is -0.465 e. The van der Waals surface area contributed by atoms with Gasteiger partial charge in [0, 0.05) is 18.3 Å². The molecule has 0 aliphatic rings. The predicted octanol–water partition coefficient (Wildman–Crippen LogP) is 3.11. The summed E-state index contributed by atoms with van der Waals surface area (Å²) in [5, 5.41) is 2.85. The Morgan fingerprint density at radius 2 is 1.80 bits per heavy atom. The van der Waals surface area contributed by atoms with Gasteiger partial charge in [-0.3, -0.25) is 9.59 Å². The third-order valence-corrected chi connectivity index (χ3v) is 4.29. The number of amides is 1. The second kappa shape index (κ2) is 7.34. The number of hydrogen-bond acceptors (Lipinski definition) is 4. The zero-order valence-corrected chi connectivity index (χ0v) is 15.1. The van der Waals surface area contributed by atoms with Crippen LogP contribution >= 0.6 is 0 Å². The average molecular weight is 342 g/mol. The van der Waals surface area contributed by atoms with Crippen LogP contribution < -0.4 is 5.32 Å². The smallest absolute Gasteiger partial charge is 0.339 e. The first-order chi connectivity index (χ1) is 11.8. The Balaban J connectivity index is 2.31. The topological polar surface area (TPSA) is 88.3 Å². The minimum absolute atomic E-state index is 0.0636. The number of ketones is 1. The van der Waals surface area contributed by atoms with Gasteiger partial charge in [0.25, 0.3) is 0 Å². The molecule has 6 heteroatoms. The number of carbonyl (C=O) groups is 3. The highest BCUT2D eigenvalue weighted by Gasteiger charge is 2.24. The van der Waals surface area contributed by atoms with Crippen LogP contribution in [-0.2, 0) is 16.0 Å². The zero-order chi connectivity index (χ0) is 18.7. The maximum absolute atomic E-state index is 12.4. The van der Waals surface area contributed by atoms with E-state index in [4.69, 9.17) is 4.74 Å². The summed E-state index contributed by atoms with van der Waals surface area (Å²) in [6.07, 6.45) is -0.0636. The van der Waals surface area contributed by atoms with Gasteiger partial charge in [-0.25, -0.2) is 4.79 Å². The lowest BCUT2D eigenvalue weighted by Crippen LogP contribution is -2.17. The molecule has 1 aromatic carbocycles. The maximum Gasteiger partial charge on any atom is 0.339 e. The average Bonchev–Trinajstić information content (AvgIpc) is 2.87. The third kappa shape index (κ3) is 3.79. The van der Waals surface area contributed by atoms with Crippen LogP contribution in [0.1, 0.15) is 50.2 Å². The van der Waals surface area contributed by atoms with Crippen molar-refractivity contribution in [2.24, 2.45) is 0 Å². The molecule has 0 bridgehead atoms. The molecular weight excluding hydrogens is 320 g/mol. The van der Waals surface area contributed by atoms with Crippen molar-refractivity contribution in [2.75, 3.05) is 12.4 Å². The van der Waals surface area contributed by atoms with Gasteiger partial charge in [-0.1, -0.05) is 12.1 Å². The molecule has 1 amide bonds. The number of aryl methyl sites for hydroxylation is 1. The van der Waals surface area contributed by atoms with Gasteiger partial charge in [0.2, 0.25) is 5.91 Å². The van der Waals surface area contributed by atoms with Gasteiger partial charge >= 0.3 is 5.97 Å². The number of carbonyl (C=O) groups excluding carboxylic acids is 3. The van der Waals surface area contributed by atoms with Crippen LogP contribution in [-0.4, -0.2) is 29.8 Å². The van der Waals surface area contributed by atoms with E-state index in [1.807, 2.05) is 32.0 Å². The normalized spacial score (nSPS) is 10.4. The molecule has 2 aromatic rings. The van der Waals surface area contributed by atoms with Crippen molar-refractivity contribution in [2.45, 2.75) is 34.1 Å². The number of methoxy groups -OCH3 is 1. The lowest BCUT2D eigenvalue weighted by molar-refractivity contribution is -0.115.